The maximum absolute atomic E-state index is 12.0. The molecule has 4 heteroatoms. The number of nitrogens with one attached hydrogen (secondary N) is 2. The Morgan fingerprint density at radius 3 is 2.55 bits per heavy atom. The van der Waals surface area contributed by atoms with Crippen LogP contribution in [-0.4, -0.2) is 17.2 Å². The third kappa shape index (κ3) is 2.51. The normalized spacial score (nSPS) is 20.2. The standard InChI is InChI=1S/C16H16N2O2/c19-14-10-11-6-4-5-9-13(11)15(14)18-16(20)17-12-7-2-1-3-8-12/h1-9,14-15,19H,10H2,(H2,17,18,20)/t14-,15+/m1/s1. The van der Waals surface area contributed by atoms with E-state index in [0.29, 0.717) is 6.42 Å². The fraction of sp³-hybridized carbons (Fsp3) is 0.188. The van der Waals surface area contributed by atoms with E-state index in [4.69, 9.17) is 0 Å². The van der Waals surface area contributed by atoms with E-state index in [2.05, 4.69) is 10.6 Å². The Hall–Kier alpha value is -2.33. The minimum absolute atomic E-state index is 0.308. The molecule has 0 heterocycles. The number of fused-ring (bicyclic) bond motifs is 1. The van der Waals surface area contributed by atoms with Crippen LogP contribution in [0.2, 0.25) is 0 Å². The lowest BCUT2D eigenvalue weighted by Gasteiger charge is -2.18. The topological polar surface area (TPSA) is 61.4 Å². The van der Waals surface area contributed by atoms with Crippen molar-refractivity contribution in [1.29, 1.82) is 0 Å². The van der Waals surface area contributed by atoms with Crippen LogP contribution in [0.5, 0.6) is 0 Å². The van der Waals surface area contributed by atoms with Gasteiger partial charge in [-0.1, -0.05) is 42.5 Å². The monoisotopic (exact) mass is 268 g/mol. The first-order chi connectivity index (χ1) is 9.74. The van der Waals surface area contributed by atoms with Gasteiger partial charge in [0.1, 0.15) is 0 Å². The highest BCUT2D eigenvalue weighted by molar-refractivity contribution is 5.89. The van der Waals surface area contributed by atoms with E-state index in [0.717, 1.165) is 16.8 Å². The van der Waals surface area contributed by atoms with Crippen molar-refractivity contribution in [1.82, 2.24) is 5.32 Å². The molecule has 0 radical (unpaired) electrons. The SMILES string of the molecule is O=C(Nc1ccccc1)N[C@H]1c2ccccc2C[C@H]1O. The lowest BCUT2D eigenvalue weighted by molar-refractivity contribution is 0.144. The average Bonchev–Trinajstić information content (AvgIpc) is 2.76. The molecular formula is C16H16N2O2. The highest BCUT2D eigenvalue weighted by Gasteiger charge is 2.31. The molecule has 4 nitrogen and oxygen atoms in total. The van der Waals surface area contributed by atoms with Crippen LogP contribution in [0.25, 0.3) is 0 Å². The van der Waals surface area contributed by atoms with Gasteiger partial charge in [-0.3, -0.25) is 0 Å². The van der Waals surface area contributed by atoms with Gasteiger partial charge in [-0.15, -0.1) is 0 Å². The lowest BCUT2D eigenvalue weighted by atomic mass is 10.1. The van der Waals surface area contributed by atoms with Crippen LogP contribution in [0.1, 0.15) is 17.2 Å². The van der Waals surface area contributed by atoms with Crippen molar-refractivity contribution in [3.05, 3.63) is 65.7 Å². The first-order valence-corrected chi connectivity index (χ1v) is 6.62. The summed E-state index contributed by atoms with van der Waals surface area (Å²) in [4.78, 5) is 12.0. The summed E-state index contributed by atoms with van der Waals surface area (Å²) in [5.41, 5.74) is 2.80. The maximum atomic E-state index is 12.0. The zero-order valence-electron chi connectivity index (χ0n) is 10.9. The number of urea groups is 1. The van der Waals surface area contributed by atoms with E-state index in [1.54, 1.807) is 0 Å². The summed E-state index contributed by atoms with van der Waals surface area (Å²) in [6.07, 6.45) is 0.000779. The summed E-state index contributed by atoms with van der Waals surface area (Å²) < 4.78 is 0. The molecule has 2 aromatic carbocycles. The molecule has 0 saturated heterocycles. The number of aliphatic hydroxyl groups is 1. The molecule has 2 aromatic rings. The second-order valence-electron chi connectivity index (χ2n) is 4.91. The van der Waals surface area contributed by atoms with Gasteiger partial charge < -0.3 is 15.7 Å². The molecule has 0 fully saturated rings. The van der Waals surface area contributed by atoms with Crippen molar-refractivity contribution in [3.8, 4) is 0 Å². The van der Waals surface area contributed by atoms with Gasteiger partial charge in [0.2, 0.25) is 0 Å². The molecule has 2 atom stereocenters. The van der Waals surface area contributed by atoms with Gasteiger partial charge in [0.25, 0.3) is 0 Å². The molecule has 1 aliphatic rings. The van der Waals surface area contributed by atoms with Crippen LogP contribution in [0.4, 0.5) is 10.5 Å². The van der Waals surface area contributed by atoms with Gasteiger partial charge in [-0.05, 0) is 23.3 Å². The van der Waals surface area contributed by atoms with Crippen molar-refractivity contribution in [3.63, 3.8) is 0 Å². The van der Waals surface area contributed by atoms with E-state index in [1.165, 1.54) is 0 Å². The molecule has 3 N–H and O–H groups in total. The van der Waals surface area contributed by atoms with Crippen LogP contribution in [-0.2, 0) is 6.42 Å². The lowest BCUT2D eigenvalue weighted by Crippen LogP contribution is -2.36. The summed E-state index contributed by atoms with van der Waals surface area (Å²) in [5.74, 6) is 0. The number of hydrogen-bond donors (Lipinski definition) is 3. The molecule has 20 heavy (non-hydrogen) atoms. The first kappa shape index (κ1) is 12.7. The minimum Gasteiger partial charge on any atom is -0.390 e. The number of amides is 2. The van der Waals surface area contributed by atoms with Gasteiger partial charge in [0.15, 0.2) is 0 Å². The number of anilines is 1. The van der Waals surface area contributed by atoms with E-state index in [1.807, 2.05) is 54.6 Å². The van der Waals surface area contributed by atoms with Gasteiger partial charge in [0, 0.05) is 12.1 Å². The smallest absolute Gasteiger partial charge is 0.319 e. The van der Waals surface area contributed by atoms with Gasteiger partial charge >= 0.3 is 6.03 Å². The van der Waals surface area contributed by atoms with E-state index in [9.17, 15) is 9.90 Å². The zero-order chi connectivity index (χ0) is 13.9. The number of rotatable bonds is 2. The fourth-order valence-electron chi connectivity index (χ4n) is 2.58. The summed E-state index contributed by atoms with van der Waals surface area (Å²) in [6, 6.07) is 16.4. The van der Waals surface area contributed by atoms with Crippen LogP contribution in [0.3, 0.4) is 0 Å². The number of para-hydroxylation sites is 1. The largest absolute Gasteiger partial charge is 0.390 e. The number of aliphatic hydroxyl groups excluding tert-OH is 1. The second kappa shape index (κ2) is 5.35. The Kier molecular flexibility index (Phi) is 3.39. The van der Waals surface area contributed by atoms with Gasteiger partial charge in [0.05, 0.1) is 12.1 Å². The molecule has 2 amide bonds. The highest BCUT2D eigenvalue weighted by atomic mass is 16.3. The molecule has 0 saturated carbocycles. The molecule has 102 valence electrons. The summed E-state index contributed by atoms with van der Waals surface area (Å²) >= 11 is 0. The molecule has 1 aliphatic carbocycles. The Balaban J connectivity index is 1.70. The Morgan fingerprint density at radius 2 is 1.75 bits per heavy atom. The van der Waals surface area contributed by atoms with Crippen molar-refractivity contribution >= 4 is 11.7 Å². The van der Waals surface area contributed by atoms with Crippen molar-refractivity contribution in [2.24, 2.45) is 0 Å². The predicted molar refractivity (Wildman–Crippen MR) is 77.5 cm³/mol. The van der Waals surface area contributed by atoms with Crippen LogP contribution >= 0.6 is 0 Å². The Morgan fingerprint density at radius 1 is 1.05 bits per heavy atom. The highest BCUT2D eigenvalue weighted by Crippen LogP contribution is 2.31. The first-order valence-electron chi connectivity index (χ1n) is 6.62. The number of hydrogen-bond acceptors (Lipinski definition) is 2. The summed E-state index contributed by atoms with van der Waals surface area (Å²) in [5, 5.41) is 15.7. The summed E-state index contributed by atoms with van der Waals surface area (Å²) in [6.45, 7) is 0. The van der Waals surface area contributed by atoms with Crippen molar-refractivity contribution in [2.75, 3.05) is 5.32 Å². The van der Waals surface area contributed by atoms with E-state index in [-0.39, 0.29) is 12.1 Å². The molecule has 0 unspecified atom stereocenters. The number of carbonyl (C=O) groups excluding carboxylic acids is 1. The van der Waals surface area contributed by atoms with Crippen molar-refractivity contribution < 1.29 is 9.90 Å². The predicted octanol–water partition coefficient (Wildman–Crippen LogP) is 2.47. The zero-order valence-corrected chi connectivity index (χ0v) is 10.9. The number of carbonyl (C=O) groups is 1. The van der Waals surface area contributed by atoms with Gasteiger partial charge in [-0.2, -0.15) is 0 Å². The van der Waals surface area contributed by atoms with Crippen LogP contribution in [0.15, 0.2) is 54.6 Å². The third-order valence-corrected chi connectivity index (χ3v) is 3.52. The Labute approximate surface area is 117 Å². The molecular weight excluding hydrogens is 252 g/mol. The van der Waals surface area contributed by atoms with Gasteiger partial charge in [-0.25, -0.2) is 4.79 Å². The Bertz CT molecular complexity index is 613. The van der Waals surface area contributed by atoms with E-state index < -0.39 is 6.10 Å². The second-order valence-corrected chi connectivity index (χ2v) is 4.91. The van der Waals surface area contributed by atoms with E-state index >= 15 is 0 Å². The third-order valence-electron chi connectivity index (χ3n) is 3.52. The molecule has 0 aromatic heterocycles. The molecule has 0 aliphatic heterocycles. The summed E-state index contributed by atoms with van der Waals surface area (Å²) in [7, 11) is 0. The quantitative estimate of drug-likeness (QED) is 0.783. The van der Waals surface area contributed by atoms with Crippen LogP contribution < -0.4 is 10.6 Å². The molecule has 3 rings (SSSR count). The maximum Gasteiger partial charge on any atom is 0.319 e. The van der Waals surface area contributed by atoms with Crippen molar-refractivity contribution in [2.45, 2.75) is 18.6 Å². The number of benzene rings is 2. The van der Waals surface area contributed by atoms with Crippen LogP contribution in [0, 0.1) is 0 Å². The molecule has 0 spiro atoms. The fourth-order valence-corrected chi connectivity index (χ4v) is 2.58. The minimum atomic E-state index is -0.575. The average molecular weight is 268 g/mol. The molecule has 0 bridgehead atoms.